The monoisotopic (exact) mass is 401 g/mol. The highest BCUT2D eigenvalue weighted by Gasteiger charge is 2.12. The summed E-state index contributed by atoms with van der Waals surface area (Å²) in [6.45, 7) is 12.0. The van der Waals surface area contributed by atoms with Gasteiger partial charge in [-0.1, -0.05) is 51.1 Å². The van der Waals surface area contributed by atoms with Gasteiger partial charge < -0.3 is 10.6 Å². The van der Waals surface area contributed by atoms with Crippen LogP contribution in [0.1, 0.15) is 31.9 Å². The van der Waals surface area contributed by atoms with Crippen LogP contribution in [-0.4, -0.2) is 26.1 Å². The Hall–Kier alpha value is -1.04. The third-order valence-corrected chi connectivity index (χ3v) is 3.16. The van der Waals surface area contributed by atoms with Gasteiger partial charge in [-0.2, -0.15) is 0 Å². The van der Waals surface area contributed by atoms with Crippen LogP contribution in [0.5, 0.6) is 0 Å². The molecule has 1 aromatic carbocycles. The van der Waals surface area contributed by atoms with Crippen molar-refractivity contribution in [1.82, 2.24) is 10.6 Å². The van der Waals surface area contributed by atoms with E-state index in [0.717, 1.165) is 25.5 Å². The van der Waals surface area contributed by atoms with Crippen molar-refractivity contribution < 1.29 is 0 Å². The zero-order chi connectivity index (χ0) is 15.0. The van der Waals surface area contributed by atoms with E-state index < -0.39 is 0 Å². The van der Waals surface area contributed by atoms with Crippen molar-refractivity contribution in [1.29, 1.82) is 0 Å². The van der Waals surface area contributed by atoms with Gasteiger partial charge in [0.15, 0.2) is 5.96 Å². The van der Waals surface area contributed by atoms with Crippen LogP contribution in [0.25, 0.3) is 0 Å². The Kier molecular flexibility index (Phi) is 9.33. The molecular weight excluding hydrogens is 373 g/mol. The average molecular weight is 401 g/mol. The molecular formula is C17H28IN3. The smallest absolute Gasteiger partial charge is 0.191 e. The first-order valence-electron chi connectivity index (χ1n) is 7.12. The Morgan fingerprint density at radius 3 is 2.29 bits per heavy atom. The van der Waals surface area contributed by atoms with Crippen molar-refractivity contribution in [3.05, 3.63) is 48.0 Å². The molecule has 0 unspecified atom stereocenters. The van der Waals surface area contributed by atoms with Gasteiger partial charge in [0.05, 0.1) is 0 Å². The summed E-state index contributed by atoms with van der Waals surface area (Å²) in [6.07, 6.45) is 2.80. The van der Waals surface area contributed by atoms with Crippen LogP contribution in [0.15, 0.2) is 41.9 Å². The number of guanidine groups is 1. The van der Waals surface area contributed by atoms with Gasteiger partial charge in [0, 0.05) is 20.1 Å². The molecule has 0 spiro atoms. The predicted molar refractivity (Wildman–Crippen MR) is 104 cm³/mol. The maximum atomic E-state index is 4.15. The summed E-state index contributed by atoms with van der Waals surface area (Å²) in [7, 11) is 1.77. The van der Waals surface area contributed by atoms with E-state index in [9.17, 15) is 0 Å². The highest BCUT2D eigenvalue weighted by Crippen LogP contribution is 2.22. The Labute approximate surface area is 146 Å². The maximum Gasteiger partial charge on any atom is 0.191 e. The van der Waals surface area contributed by atoms with E-state index >= 15 is 0 Å². The number of nitrogens with zero attached hydrogens (tertiary/aromatic N) is 1. The molecule has 0 fully saturated rings. The number of hydrogen-bond acceptors (Lipinski definition) is 1. The molecule has 0 amide bonds. The van der Waals surface area contributed by atoms with E-state index in [1.807, 2.05) is 6.08 Å². The van der Waals surface area contributed by atoms with Gasteiger partial charge in [-0.05, 0) is 23.0 Å². The summed E-state index contributed by atoms with van der Waals surface area (Å²) in [6, 6.07) is 8.87. The van der Waals surface area contributed by atoms with E-state index in [1.165, 1.54) is 11.1 Å². The molecule has 0 saturated carbocycles. The second-order valence-corrected chi connectivity index (χ2v) is 5.87. The minimum atomic E-state index is 0. The fourth-order valence-electron chi connectivity index (χ4n) is 1.89. The highest BCUT2D eigenvalue weighted by atomic mass is 127. The molecule has 3 nitrogen and oxygen atoms in total. The van der Waals surface area contributed by atoms with Gasteiger partial charge in [0.2, 0.25) is 0 Å². The molecule has 0 aromatic heterocycles. The Bertz CT molecular complexity index is 444. The summed E-state index contributed by atoms with van der Waals surface area (Å²) in [5.74, 6) is 0.816. The maximum absolute atomic E-state index is 4.15. The molecule has 0 radical (unpaired) electrons. The molecule has 0 aliphatic carbocycles. The zero-order valence-electron chi connectivity index (χ0n) is 13.6. The fourth-order valence-corrected chi connectivity index (χ4v) is 1.89. The first-order chi connectivity index (χ1) is 9.47. The minimum Gasteiger partial charge on any atom is -0.356 e. The second kappa shape index (κ2) is 9.82. The van der Waals surface area contributed by atoms with Crippen LogP contribution >= 0.6 is 24.0 Å². The first-order valence-corrected chi connectivity index (χ1v) is 7.12. The third-order valence-electron chi connectivity index (χ3n) is 3.16. The fraction of sp³-hybridized carbons (Fsp3) is 0.471. The number of hydrogen-bond donors (Lipinski definition) is 2. The van der Waals surface area contributed by atoms with Crippen LogP contribution in [0.4, 0.5) is 0 Å². The summed E-state index contributed by atoms with van der Waals surface area (Å²) < 4.78 is 0. The number of aliphatic imine (C=N–C) groups is 1. The topological polar surface area (TPSA) is 36.4 Å². The van der Waals surface area contributed by atoms with Crippen molar-refractivity contribution in [2.75, 3.05) is 20.1 Å². The van der Waals surface area contributed by atoms with Crippen molar-refractivity contribution in [3.8, 4) is 0 Å². The van der Waals surface area contributed by atoms with Gasteiger partial charge >= 0.3 is 0 Å². The van der Waals surface area contributed by atoms with Gasteiger partial charge in [-0.15, -0.1) is 30.6 Å². The van der Waals surface area contributed by atoms with E-state index in [-0.39, 0.29) is 29.4 Å². The predicted octanol–water partition coefficient (Wildman–Crippen LogP) is 3.50. The normalized spacial score (nSPS) is 11.5. The van der Waals surface area contributed by atoms with Gasteiger partial charge in [-0.25, -0.2) is 0 Å². The van der Waals surface area contributed by atoms with Crippen molar-refractivity contribution in [2.45, 2.75) is 32.6 Å². The molecule has 0 bridgehead atoms. The van der Waals surface area contributed by atoms with Crippen LogP contribution in [0, 0.1) is 0 Å². The lowest BCUT2D eigenvalue weighted by Gasteiger charge is -2.19. The van der Waals surface area contributed by atoms with Gasteiger partial charge in [0.1, 0.15) is 0 Å². The molecule has 118 valence electrons. The molecule has 1 rings (SSSR count). The molecule has 21 heavy (non-hydrogen) atoms. The molecule has 0 saturated heterocycles. The molecule has 0 aliphatic rings. The zero-order valence-corrected chi connectivity index (χ0v) is 15.9. The standard InChI is InChI=1S/C17H27N3.HI/c1-6-12-19-16(18-5)20-13-11-14-7-9-15(10-8-14)17(2,3)4;/h6-10H,1,11-13H2,2-5H3,(H2,18,19,20);1H. The molecule has 1 aromatic rings. The Morgan fingerprint density at radius 2 is 1.81 bits per heavy atom. The molecule has 0 heterocycles. The third kappa shape index (κ3) is 7.50. The minimum absolute atomic E-state index is 0. The van der Waals surface area contributed by atoms with Crippen molar-refractivity contribution >= 4 is 29.9 Å². The lowest BCUT2D eigenvalue weighted by Crippen LogP contribution is -2.38. The molecule has 0 atom stereocenters. The van der Waals surface area contributed by atoms with Gasteiger partial charge in [-0.3, -0.25) is 4.99 Å². The Balaban J connectivity index is 0.00000400. The quantitative estimate of drug-likeness (QED) is 0.343. The van der Waals surface area contributed by atoms with Crippen LogP contribution in [0.3, 0.4) is 0 Å². The molecule has 0 aliphatic heterocycles. The van der Waals surface area contributed by atoms with Crippen LogP contribution < -0.4 is 10.6 Å². The number of benzene rings is 1. The van der Waals surface area contributed by atoms with E-state index in [4.69, 9.17) is 0 Å². The molecule has 4 heteroatoms. The number of rotatable bonds is 5. The lowest BCUT2D eigenvalue weighted by molar-refractivity contribution is 0.590. The van der Waals surface area contributed by atoms with Crippen LogP contribution in [0.2, 0.25) is 0 Å². The summed E-state index contributed by atoms with van der Waals surface area (Å²) in [5, 5.41) is 6.44. The SMILES string of the molecule is C=CCNC(=NC)NCCc1ccc(C(C)(C)C)cc1.I. The van der Waals surface area contributed by atoms with E-state index in [1.54, 1.807) is 7.05 Å². The summed E-state index contributed by atoms with van der Waals surface area (Å²) in [5.41, 5.74) is 2.93. The highest BCUT2D eigenvalue weighted by molar-refractivity contribution is 14.0. The Morgan fingerprint density at radius 1 is 1.19 bits per heavy atom. The van der Waals surface area contributed by atoms with Crippen LogP contribution in [-0.2, 0) is 11.8 Å². The largest absolute Gasteiger partial charge is 0.356 e. The van der Waals surface area contributed by atoms with E-state index in [2.05, 4.69) is 67.2 Å². The summed E-state index contributed by atoms with van der Waals surface area (Å²) in [4.78, 5) is 4.15. The van der Waals surface area contributed by atoms with Crippen molar-refractivity contribution in [2.24, 2.45) is 4.99 Å². The van der Waals surface area contributed by atoms with Gasteiger partial charge in [0.25, 0.3) is 0 Å². The van der Waals surface area contributed by atoms with Crippen molar-refractivity contribution in [3.63, 3.8) is 0 Å². The first kappa shape index (κ1) is 20.0. The average Bonchev–Trinajstić information content (AvgIpc) is 2.42. The second-order valence-electron chi connectivity index (χ2n) is 5.87. The number of nitrogens with one attached hydrogen (secondary N) is 2. The molecule has 2 N–H and O–H groups in total. The lowest BCUT2D eigenvalue weighted by atomic mass is 9.86. The van der Waals surface area contributed by atoms with E-state index in [0.29, 0.717) is 0 Å². The summed E-state index contributed by atoms with van der Waals surface area (Å²) >= 11 is 0. The number of halogens is 1.